The van der Waals surface area contributed by atoms with Gasteiger partial charge < -0.3 is 19.9 Å². The van der Waals surface area contributed by atoms with Crippen molar-refractivity contribution in [2.24, 2.45) is 0 Å². The second-order valence-corrected chi connectivity index (χ2v) is 5.01. The Bertz CT molecular complexity index is 216. The van der Waals surface area contributed by atoms with Crippen molar-refractivity contribution in [3.63, 3.8) is 0 Å². The van der Waals surface area contributed by atoms with Gasteiger partial charge in [-0.2, -0.15) is 0 Å². The predicted molar refractivity (Wildman–Crippen MR) is 61.2 cm³/mol. The first-order valence-corrected chi connectivity index (χ1v) is 6.39. The second-order valence-electron chi connectivity index (χ2n) is 5.01. The van der Waals surface area contributed by atoms with Crippen molar-refractivity contribution in [2.75, 3.05) is 26.3 Å². The molecule has 0 radical (unpaired) electrons. The Morgan fingerprint density at radius 3 is 2.31 bits per heavy atom. The molecule has 2 N–H and O–H groups in total. The molecule has 0 atom stereocenters. The van der Waals surface area contributed by atoms with Crippen LogP contribution in [0.1, 0.15) is 39.0 Å². The molecule has 1 aliphatic carbocycles. The molecule has 0 aromatic carbocycles. The van der Waals surface area contributed by atoms with Gasteiger partial charge in [0.25, 0.3) is 0 Å². The van der Waals surface area contributed by atoms with Gasteiger partial charge in [-0.1, -0.05) is 6.92 Å². The number of aliphatic hydroxyl groups is 1. The summed E-state index contributed by atoms with van der Waals surface area (Å²) in [4.78, 5) is 0. The van der Waals surface area contributed by atoms with Crippen LogP contribution in [0.25, 0.3) is 0 Å². The van der Waals surface area contributed by atoms with E-state index in [0.717, 1.165) is 38.6 Å². The molecule has 2 fully saturated rings. The molecule has 0 amide bonds. The maximum Gasteiger partial charge on any atom is 0.168 e. The molecule has 1 saturated heterocycles. The lowest BCUT2D eigenvalue weighted by Gasteiger charge is -2.40. The van der Waals surface area contributed by atoms with E-state index in [9.17, 15) is 5.11 Å². The van der Waals surface area contributed by atoms with Crippen LogP contribution in [0.3, 0.4) is 0 Å². The summed E-state index contributed by atoms with van der Waals surface area (Å²) >= 11 is 0. The van der Waals surface area contributed by atoms with Crippen LogP contribution in [0.2, 0.25) is 0 Å². The standard InChI is InChI=1S/C12H23NO3/c1-2-7-13-10-11(14)3-5-12(6-4-11)15-8-9-16-12/h13-14H,2-10H2,1H3. The highest BCUT2D eigenvalue weighted by Crippen LogP contribution is 2.39. The molecule has 0 aromatic rings. The molecule has 94 valence electrons. The zero-order valence-electron chi connectivity index (χ0n) is 10.1. The van der Waals surface area contributed by atoms with Gasteiger partial charge in [0, 0.05) is 19.4 Å². The summed E-state index contributed by atoms with van der Waals surface area (Å²) in [6.07, 6.45) is 4.27. The first kappa shape index (κ1) is 12.3. The van der Waals surface area contributed by atoms with E-state index < -0.39 is 5.60 Å². The SMILES string of the molecule is CCCNCC1(O)CCC2(CC1)OCCO2. The quantitative estimate of drug-likeness (QED) is 0.707. The minimum atomic E-state index is -0.560. The summed E-state index contributed by atoms with van der Waals surface area (Å²) in [5, 5.41) is 13.7. The molecule has 1 heterocycles. The second kappa shape index (κ2) is 5.00. The zero-order valence-corrected chi connectivity index (χ0v) is 10.1. The van der Waals surface area contributed by atoms with Gasteiger partial charge in [0.15, 0.2) is 5.79 Å². The molecule has 1 saturated carbocycles. The van der Waals surface area contributed by atoms with Crippen LogP contribution in [0.5, 0.6) is 0 Å². The molecular formula is C12H23NO3. The molecule has 0 unspecified atom stereocenters. The Hall–Kier alpha value is -0.160. The maximum absolute atomic E-state index is 10.4. The van der Waals surface area contributed by atoms with Gasteiger partial charge in [-0.15, -0.1) is 0 Å². The van der Waals surface area contributed by atoms with Crippen LogP contribution in [0, 0.1) is 0 Å². The third kappa shape index (κ3) is 2.74. The zero-order chi connectivity index (χ0) is 11.5. The molecular weight excluding hydrogens is 206 g/mol. The maximum atomic E-state index is 10.4. The van der Waals surface area contributed by atoms with Gasteiger partial charge in [0.2, 0.25) is 0 Å². The van der Waals surface area contributed by atoms with Crippen LogP contribution in [-0.4, -0.2) is 42.8 Å². The van der Waals surface area contributed by atoms with Gasteiger partial charge in [-0.3, -0.25) is 0 Å². The van der Waals surface area contributed by atoms with Gasteiger partial charge in [-0.25, -0.2) is 0 Å². The number of nitrogens with one attached hydrogen (secondary N) is 1. The van der Waals surface area contributed by atoms with E-state index in [1.165, 1.54) is 0 Å². The Balaban J connectivity index is 1.78. The monoisotopic (exact) mass is 229 g/mol. The minimum absolute atomic E-state index is 0.364. The molecule has 1 aliphatic heterocycles. The van der Waals surface area contributed by atoms with Crippen molar-refractivity contribution in [2.45, 2.75) is 50.4 Å². The molecule has 0 aromatic heterocycles. The Morgan fingerprint density at radius 1 is 1.12 bits per heavy atom. The van der Waals surface area contributed by atoms with E-state index in [0.29, 0.717) is 19.8 Å². The highest BCUT2D eigenvalue weighted by Gasteiger charge is 2.45. The molecule has 0 bridgehead atoms. The third-order valence-electron chi connectivity index (χ3n) is 3.64. The van der Waals surface area contributed by atoms with E-state index in [4.69, 9.17) is 9.47 Å². The average molecular weight is 229 g/mol. The molecule has 16 heavy (non-hydrogen) atoms. The summed E-state index contributed by atoms with van der Waals surface area (Å²) in [6, 6.07) is 0. The minimum Gasteiger partial charge on any atom is -0.389 e. The van der Waals surface area contributed by atoms with Crippen molar-refractivity contribution in [1.82, 2.24) is 5.32 Å². The Morgan fingerprint density at radius 2 is 1.75 bits per heavy atom. The van der Waals surface area contributed by atoms with E-state index >= 15 is 0 Å². The molecule has 1 spiro atoms. The van der Waals surface area contributed by atoms with Crippen LogP contribution in [0.15, 0.2) is 0 Å². The Labute approximate surface area is 97.3 Å². The van der Waals surface area contributed by atoms with E-state index in [2.05, 4.69) is 12.2 Å². The predicted octanol–water partition coefficient (Wildman–Crippen LogP) is 1.03. The van der Waals surface area contributed by atoms with Crippen molar-refractivity contribution >= 4 is 0 Å². The van der Waals surface area contributed by atoms with E-state index in [1.54, 1.807) is 0 Å². The van der Waals surface area contributed by atoms with Crippen LogP contribution < -0.4 is 5.32 Å². The lowest BCUT2D eigenvalue weighted by Crippen LogP contribution is -2.48. The lowest BCUT2D eigenvalue weighted by molar-refractivity contribution is -0.201. The summed E-state index contributed by atoms with van der Waals surface area (Å²) < 4.78 is 11.3. The highest BCUT2D eigenvalue weighted by molar-refractivity contribution is 4.92. The summed E-state index contributed by atoms with van der Waals surface area (Å²) in [7, 11) is 0. The summed E-state index contributed by atoms with van der Waals surface area (Å²) in [5.74, 6) is -0.364. The molecule has 4 nitrogen and oxygen atoms in total. The lowest BCUT2D eigenvalue weighted by atomic mass is 9.81. The fourth-order valence-corrected chi connectivity index (χ4v) is 2.56. The fourth-order valence-electron chi connectivity index (χ4n) is 2.56. The normalized spacial score (nSPS) is 27.4. The van der Waals surface area contributed by atoms with Crippen LogP contribution >= 0.6 is 0 Å². The number of hydrogen-bond donors (Lipinski definition) is 2. The summed E-state index contributed by atoms with van der Waals surface area (Å²) in [6.45, 7) is 5.20. The Kier molecular flexibility index (Phi) is 3.85. The topological polar surface area (TPSA) is 50.7 Å². The largest absolute Gasteiger partial charge is 0.389 e. The van der Waals surface area contributed by atoms with Gasteiger partial charge in [-0.05, 0) is 25.8 Å². The molecule has 2 aliphatic rings. The number of hydrogen-bond acceptors (Lipinski definition) is 4. The van der Waals surface area contributed by atoms with E-state index in [1.807, 2.05) is 0 Å². The number of ether oxygens (including phenoxy) is 2. The van der Waals surface area contributed by atoms with Crippen molar-refractivity contribution < 1.29 is 14.6 Å². The third-order valence-corrected chi connectivity index (χ3v) is 3.64. The van der Waals surface area contributed by atoms with Gasteiger partial charge in [0.05, 0.1) is 18.8 Å². The van der Waals surface area contributed by atoms with Crippen molar-refractivity contribution in [1.29, 1.82) is 0 Å². The fraction of sp³-hybridized carbons (Fsp3) is 1.00. The highest BCUT2D eigenvalue weighted by atomic mass is 16.7. The molecule has 4 heteroatoms. The van der Waals surface area contributed by atoms with E-state index in [-0.39, 0.29) is 5.79 Å². The van der Waals surface area contributed by atoms with Crippen LogP contribution in [0.4, 0.5) is 0 Å². The smallest absolute Gasteiger partial charge is 0.168 e. The first-order valence-electron chi connectivity index (χ1n) is 6.39. The summed E-state index contributed by atoms with van der Waals surface area (Å²) in [5.41, 5.74) is -0.560. The van der Waals surface area contributed by atoms with Crippen LogP contribution in [-0.2, 0) is 9.47 Å². The van der Waals surface area contributed by atoms with Gasteiger partial charge >= 0.3 is 0 Å². The average Bonchev–Trinajstić information content (AvgIpc) is 2.73. The number of rotatable bonds is 4. The first-order chi connectivity index (χ1) is 7.68. The molecule has 2 rings (SSSR count). The van der Waals surface area contributed by atoms with Gasteiger partial charge in [0.1, 0.15) is 0 Å². The van der Waals surface area contributed by atoms with Crippen molar-refractivity contribution in [3.8, 4) is 0 Å². The van der Waals surface area contributed by atoms with Crippen molar-refractivity contribution in [3.05, 3.63) is 0 Å².